The maximum Gasteiger partial charge on any atom is 0.257 e. The van der Waals surface area contributed by atoms with E-state index < -0.39 is 5.82 Å². The Morgan fingerprint density at radius 2 is 2.29 bits per heavy atom. The topological polar surface area (TPSA) is 38.8 Å². The van der Waals surface area contributed by atoms with E-state index >= 15 is 0 Å². The molecule has 0 bridgehead atoms. The molecule has 5 heteroatoms. The second-order valence-corrected chi connectivity index (χ2v) is 5.48. The van der Waals surface area contributed by atoms with E-state index in [-0.39, 0.29) is 29.7 Å². The van der Waals surface area contributed by atoms with Crippen LogP contribution in [0.4, 0.5) is 4.39 Å². The van der Waals surface area contributed by atoms with Crippen molar-refractivity contribution in [3.63, 3.8) is 0 Å². The zero-order valence-electron chi connectivity index (χ0n) is 12.1. The molecule has 2 aliphatic rings. The number of hydrogen-bond donors (Lipinski definition) is 0. The van der Waals surface area contributed by atoms with E-state index in [0.717, 1.165) is 12.8 Å². The van der Waals surface area contributed by atoms with E-state index in [0.29, 0.717) is 19.8 Å². The molecule has 1 amide bonds. The van der Waals surface area contributed by atoms with Crippen molar-refractivity contribution in [1.82, 2.24) is 4.90 Å². The van der Waals surface area contributed by atoms with E-state index in [2.05, 4.69) is 0 Å². The molecule has 0 aliphatic carbocycles. The fourth-order valence-electron chi connectivity index (χ4n) is 3.29. The Morgan fingerprint density at radius 3 is 3.05 bits per heavy atom. The Morgan fingerprint density at radius 1 is 1.48 bits per heavy atom. The van der Waals surface area contributed by atoms with Crippen LogP contribution in [0.3, 0.4) is 0 Å². The summed E-state index contributed by atoms with van der Waals surface area (Å²) in [4.78, 5) is 14.4. The van der Waals surface area contributed by atoms with E-state index in [1.165, 1.54) is 12.1 Å². The highest BCUT2D eigenvalue weighted by molar-refractivity contribution is 5.95. The van der Waals surface area contributed by atoms with Gasteiger partial charge in [0.2, 0.25) is 0 Å². The van der Waals surface area contributed by atoms with E-state index in [1.807, 2.05) is 6.92 Å². The summed E-state index contributed by atoms with van der Waals surface area (Å²) in [5, 5.41) is 0. The summed E-state index contributed by atoms with van der Waals surface area (Å²) in [6, 6.07) is 6.11. The predicted molar refractivity (Wildman–Crippen MR) is 75.6 cm³/mol. The third kappa shape index (κ3) is 2.68. The molecule has 0 N–H and O–H groups in total. The van der Waals surface area contributed by atoms with Gasteiger partial charge in [-0.2, -0.15) is 0 Å². The molecule has 3 atom stereocenters. The normalized spacial score (nSPS) is 28.5. The smallest absolute Gasteiger partial charge is 0.257 e. The van der Waals surface area contributed by atoms with Crippen molar-refractivity contribution < 1.29 is 18.7 Å². The van der Waals surface area contributed by atoms with Gasteiger partial charge in [-0.3, -0.25) is 4.79 Å². The third-order valence-electron chi connectivity index (χ3n) is 4.22. The fraction of sp³-hybridized carbons (Fsp3) is 0.562. The van der Waals surface area contributed by atoms with Crippen molar-refractivity contribution in [2.45, 2.75) is 38.0 Å². The summed E-state index contributed by atoms with van der Waals surface area (Å²) in [5.41, 5.74) is 0.124. The van der Waals surface area contributed by atoms with Crippen molar-refractivity contribution in [1.29, 1.82) is 0 Å². The van der Waals surface area contributed by atoms with Gasteiger partial charge in [0.15, 0.2) is 0 Å². The predicted octanol–water partition coefficient (Wildman–Crippen LogP) is 2.23. The Labute approximate surface area is 123 Å². The molecule has 0 aromatic heterocycles. The largest absolute Gasteiger partial charge is 0.374 e. The van der Waals surface area contributed by atoms with Gasteiger partial charge in [-0.25, -0.2) is 4.39 Å². The van der Waals surface area contributed by atoms with Gasteiger partial charge in [0.05, 0.1) is 18.2 Å². The number of rotatable bonds is 3. The zero-order valence-corrected chi connectivity index (χ0v) is 12.1. The van der Waals surface area contributed by atoms with Crippen LogP contribution in [0.15, 0.2) is 24.3 Å². The Balaban J connectivity index is 1.84. The molecule has 0 spiro atoms. The van der Waals surface area contributed by atoms with Gasteiger partial charge >= 0.3 is 0 Å². The zero-order chi connectivity index (χ0) is 14.8. The van der Waals surface area contributed by atoms with Gasteiger partial charge in [0.1, 0.15) is 18.0 Å². The van der Waals surface area contributed by atoms with Crippen LogP contribution in [0.2, 0.25) is 0 Å². The fourth-order valence-corrected chi connectivity index (χ4v) is 3.29. The van der Waals surface area contributed by atoms with E-state index in [4.69, 9.17) is 9.47 Å². The number of amides is 1. The average molecular weight is 293 g/mol. The standard InChI is InChI=1S/C16H20FNO3/c1-2-20-14-10-18(13-8-5-9-21-15(13)14)16(19)11-6-3-4-7-12(11)17/h3-4,6-7,13-15H,2,5,8-10H2,1H3/t13-,14+,15+/m0/s1. The van der Waals surface area contributed by atoms with Gasteiger partial charge in [-0.05, 0) is 31.9 Å². The first-order valence-corrected chi connectivity index (χ1v) is 7.51. The molecule has 3 rings (SSSR count). The van der Waals surface area contributed by atoms with Crippen molar-refractivity contribution in [2.24, 2.45) is 0 Å². The van der Waals surface area contributed by atoms with Crippen LogP contribution >= 0.6 is 0 Å². The number of carbonyl (C=O) groups is 1. The molecule has 0 unspecified atom stereocenters. The van der Waals surface area contributed by atoms with Gasteiger partial charge in [0.25, 0.3) is 5.91 Å². The number of halogens is 1. The minimum atomic E-state index is -0.476. The first-order valence-electron chi connectivity index (χ1n) is 7.51. The van der Waals surface area contributed by atoms with Crippen LogP contribution in [-0.2, 0) is 9.47 Å². The maximum absolute atomic E-state index is 13.9. The van der Waals surface area contributed by atoms with Crippen LogP contribution in [0, 0.1) is 5.82 Å². The second kappa shape index (κ2) is 6.12. The van der Waals surface area contributed by atoms with Gasteiger partial charge in [0, 0.05) is 13.2 Å². The number of likely N-dealkylation sites (tertiary alicyclic amines) is 1. The molecular weight excluding hydrogens is 273 g/mol. The molecular formula is C16H20FNO3. The number of hydrogen-bond acceptors (Lipinski definition) is 3. The minimum Gasteiger partial charge on any atom is -0.374 e. The van der Waals surface area contributed by atoms with Crippen molar-refractivity contribution in [3.8, 4) is 0 Å². The second-order valence-electron chi connectivity index (χ2n) is 5.48. The molecule has 2 saturated heterocycles. The molecule has 2 heterocycles. The SMILES string of the molecule is CCO[C@@H]1CN(C(=O)c2ccccc2F)[C@H]2CCCO[C@@H]12. The van der Waals surface area contributed by atoms with Crippen molar-refractivity contribution >= 4 is 5.91 Å². The molecule has 1 aromatic carbocycles. The average Bonchev–Trinajstić information content (AvgIpc) is 2.87. The van der Waals surface area contributed by atoms with Crippen LogP contribution in [0.5, 0.6) is 0 Å². The minimum absolute atomic E-state index is 0.0117. The highest BCUT2D eigenvalue weighted by Crippen LogP contribution is 2.32. The molecule has 0 radical (unpaired) electrons. The lowest BCUT2D eigenvalue weighted by Crippen LogP contribution is -2.44. The maximum atomic E-state index is 13.9. The molecule has 0 saturated carbocycles. The van der Waals surface area contributed by atoms with Crippen LogP contribution in [0.25, 0.3) is 0 Å². The third-order valence-corrected chi connectivity index (χ3v) is 4.22. The first kappa shape index (κ1) is 14.5. The summed E-state index contributed by atoms with van der Waals surface area (Å²) in [6.45, 7) is 3.68. The Hall–Kier alpha value is -1.46. The van der Waals surface area contributed by atoms with Crippen LogP contribution in [-0.4, -0.2) is 48.8 Å². The molecule has 2 aliphatic heterocycles. The van der Waals surface area contributed by atoms with Crippen molar-refractivity contribution in [2.75, 3.05) is 19.8 Å². The van der Waals surface area contributed by atoms with Gasteiger partial charge < -0.3 is 14.4 Å². The van der Waals surface area contributed by atoms with Gasteiger partial charge in [-0.1, -0.05) is 12.1 Å². The quantitative estimate of drug-likeness (QED) is 0.858. The molecule has 2 fully saturated rings. The lowest BCUT2D eigenvalue weighted by atomic mass is 10.0. The summed E-state index contributed by atoms with van der Waals surface area (Å²) in [5.74, 6) is -0.744. The summed E-state index contributed by atoms with van der Waals surface area (Å²) < 4.78 is 25.4. The monoisotopic (exact) mass is 293 g/mol. The lowest BCUT2D eigenvalue weighted by molar-refractivity contribution is -0.0737. The molecule has 21 heavy (non-hydrogen) atoms. The highest BCUT2D eigenvalue weighted by atomic mass is 19.1. The molecule has 1 aromatic rings. The summed E-state index contributed by atoms with van der Waals surface area (Å²) >= 11 is 0. The molecule has 4 nitrogen and oxygen atoms in total. The van der Waals surface area contributed by atoms with E-state index in [1.54, 1.807) is 17.0 Å². The molecule has 114 valence electrons. The lowest BCUT2D eigenvalue weighted by Gasteiger charge is -2.32. The van der Waals surface area contributed by atoms with Crippen LogP contribution < -0.4 is 0 Å². The van der Waals surface area contributed by atoms with E-state index in [9.17, 15) is 9.18 Å². The first-order chi connectivity index (χ1) is 10.2. The summed E-state index contributed by atoms with van der Waals surface area (Å²) in [6.07, 6.45) is 1.60. The summed E-state index contributed by atoms with van der Waals surface area (Å²) in [7, 11) is 0. The number of benzene rings is 1. The van der Waals surface area contributed by atoms with Gasteiger partial charge in [-0.15, -0.1) is 0 Å². The highest BCUT2D eigenvalue weighted by Gasteiger charge is 2.46. The Bertz CT molecular complexity index is 522. The number of nitrogens with zero attached hydrogens (tertiary/aromatic N) is 1. The van der Waals surface area contributed by atoms with Crippen LogP contribution in [0.1, 0.15) is 30.1 Å². The number of fused-ring (bicyclic) bond motifs is 1. The van der Waals surface area contributed by atoms with Crippen molar-refractivity contribution in [3.05, 3.63) is 35.6 Å². The number of carbonyl (C=O) groups excluding carboxylic acids is 1. The Kier molecular flexibility index (Phi) is 4.22. The number of ether oxygens (including phenoxy) is 2.